The Morgan fingerprint density at radius 3 is 2.26 bits per heavy atom. The zero-order valence-electron chi connectivity index (χ0n) is 13.8. The zero-order chi connectivity index (χ0) is 17.5. The molecule has 0 aliphatic heterocycles. The molecule has 23 heavy (non-hydrogen) atoms. The van der Waals surface area contributed by atoms with Gasteiger partial charge < -0.3 is 10.6 Å². The van der Waals surface area contributed by atoms with Crippen LogP contribution in [0.3, 0.4) is 0 Å². The van der Waals surface area contributed by atoms with Gasteiger partial charge in [-0.05, 0) is 38.0 Å². The summed E-state index contributed by atoms with van der Waals surface area (Å²) in [6.45, 7) is 1.72. The summed E-state index contributed by atoms with van der Waals surface area (Å²) in [4.78, 5) is 23.2. The minimum absolute atomic E-state index is 0.177. The van der Waals surface area contributed by atoms with Crippen LogP contribution in [0.2, 0.25) is 0 Å². The van der Waals surface area contributed by atoms with E-state index < -0.39 is 18.1 Å². The molecular formula is C16H27F3N2O2. The predicted molar refractivity (Wildman–Crippen MR) is 81.6 cm³/mol. The number of nitrogens with one attached hydrogen (secondary N) is 2. The van der Waals surface area contributed by atoms with Crippen LogP contribution >= 0.6 is 0 Å². The van der Waals surface area contributed by atoms with Gasteiger partial charge in [0.2, 0.25) is 11.8 Å². The standard InChI is InChI=1S/C16H27F3N2O2/c1-3-14(22)21-13(15(23)20-2)6-4-5-11-7-9-12(10-8-11)16(17,18)19/h11-13H,3-10H2,1-2H3,(H,20,23)(H,21,22). The van der Waals surface area contributed by atoms with E-state index in [1.807, 2.05) is 0 Å². The van der Waals surface area contributed by atoms with Crippen LogP contribution < -0.4 is 10.6 Å². The van der Waals surface area contributed by atoms with Crippen molar-refractivity contribution < 1.29 is 22.8 Å². The molecule has 1 aliphatic rings. The molecule has 7 heteroatoms. The molecule has 2 N–H and O–H groups in total. The average Bonchev–Trinajstić information content (AvgIpc) is 2.52. The van der Waals surface area contributed by atoms with Crippen molar-refractivity contribution >= 4 is 11.8 Å². The van der Waals surface area contributed by atoms with E-state index >= 15 is 0 Å². The Balaban J connectivity index is 2.34. The van der Waals surface area contributed by atoms with Gasteiger partial charge in [-0.3, -0.25) is 9.59 Å². The van der Waals surface area contributed by atoms with Gasteiger partial charge in [0, 0.05) is 13.5 Å². The molecule has 1 atom stereocenters. The maximum atomic E-state index is 12.6. The van der Waals surface area contributed by atoms with Crippen molar-refractivity contribution in [2.24, 2.45) is 11.8 Å². The Kier molecular flexibility index (Phi) is 7.85. The van der Waals surface area contributed by atoms with E-state index in [-0.39, 0.29) is 24.7 Å². The molecule has 0 aromatic heterocycles. The quantitative estimate of drug-likeness (QED) is 0.750. The maximum Gasteiger partial charge on any atom is 0.391 e. The van der Waals surface area contributed by atoms with Crippen molar-refractivity contribution in [1.82, 2.24) is 10.6 Å². The fraction of sp³-hybridized carbons (Fsp3) is 0.875. The van der Waals surface area contributed by atoms with Gasteiger partial charge in [0.05, 0.1) is 5.92 Å². The summed E-state index contributed by atoms with van der Waals surface area (Å²) >= 11 is 0. The number of carbonyl (C=O) groups is 2. The summed E-state index contributed by atoms with van der Waals surface area (Å²) in [5, 5.41) is 5.21. The van der Waals surface area contributed by atoms with E-state index in [2.05, 4.69) is 10.6 Å². The van der Waals surface area contributed by atoms with Crippen molar-refractivity contribution in [2.75, 3.05) is 7.05 Å². The lowest BCUT2D eigenvalue weighted by molar-refractivity contribution is -0.184. The average molecular weight is 336 g/mol. The lowest BCUT2D eigenvalue weighted by Gasteiger charge is -2.30. The number of likely N-dealkylation sites (N-methyl/N-ethyl adjacent to an activating group) is 1. The van der Waals surface area contributed by atoms with Crippen molar-refractivity contribution in [3.05, 3.63) is 0 Å². The van der Waals surface area contributed by atoms with Crippen LogP contribution in [0.4, 0.5) is 13.2 Å². The molecule has 0 aromatic rings. The van der Waals surface area contributed by atoms with Gasteiger partial charge in [-0.15, -0.1) is 0 Å². The van der Waals surface area contributed by atoms with E-state index in [0.29, 0.717) is 31.6 Å². The minimum Gasteiger partial charge on any atom is -0.357 e. The molecule has 0 spiro atoms. The summed E-state index contributed by atoms with van der Waals surface area (Å²) in [5.74, 6) is -1.26. The lowest BCUT2D eigenvalue weighted by atomic mass is 9.79. The van der Waals surface area contributed by atoms with Gasteiger partial charge in [-0.1, -0.05) is 19.8 Å². The highest BCUT2D eigenvalue weighted by molar-refractivity contribution is 5.87. The second-order valence-electron chi connectivity index (χ2n) is 6.28. The van der Waals surface area contributed by atoms with Gasteiger partial charge in [0.25, 0.3) is 0 Å². The highest BCUT2D eigenvalue weighted by atomic mass is 19.4. The van der Waals surface area contributed by atoms with Crippen LogP contribution in [0.25, 0.3) is 0 Å². The highest BCUT2D eigenvalue weighted by Gasteiger charge is 2.41. The largest absolute Gasteiger partial charge is 0.391 e. The smallest absolute Gasteiger partial charge is 0.357 e. The maximum absolute atomic E-state index is 12.6. The third-order valence-corrected chi connectivity index (χ3v) is 4.63. The lowest BCUT2D eigenvalue weighted by Crippen LogP contribution is -2.45. The zero-order valence-corrected chi connectivity index (χ0v) is 13.8. The van der Waals surface area contributed by atoms with E-state index in [1.54, 1.807) is 6.92 Å². The summed E-state index contributed by atoms with van der Waals surface area (Å²) in [6, 6.07) is -0.557. The Labute approximate surface area is 135 Å². The number of halogens is 3. The van der Waals surface area contributed by atoms with Crippen molar-refractivity contribution in [1.29, 1.82) is 0 Å². The van der Waals surface area contributed by atoms with Crippen molar-refractivity contribution in [2.45, 2.75) is 70.5 Å². The normalized spacial score (nSPS) is 23.2. The molecular weight excluding hydrogens is 309 g/mol. The molecule has 1 fully saturated rings. The molecule has 134 valence electrons. The Morgan fingerprint density at radius 2 is 1.78 bits per heavy atom. The van der Waals surface area contributed by atoms with Crippen LogP contribution in [0, 0.1) is 11.8 Å². The molecule has 0 radical (unpaired) electrons. The number of alkyl halides is 3. The third kappa shape index (κ3) is 6.79. The fourth-order valence-corrected chi connectivity index (χ4v) is 3.13. The Hall–Kier alpha value is -1.27. The molecule has 1 rings (SSSR count). The molecule has 1 saturated carbocycles. The van der Waals surface area contributed by atoms with Gasteiger partial charge in [-0.25, -0.2) is 0 Å². The molecule has 0 bridgehead atoms. The summed E-state index contributed by atoms with van der Waals surface area (Å²) in [7, 11) is 1.52. The van der Waals surface area contributed by atoms with Gasteiger partial charge >= 0.3 is 6.18 Å². The minimum atomic E-state index is -4.07. The van der Waals surface area contributed by atoms with Crippen LogP contribution in [-0.2, 0) is 9.59 Å². The number of hydrogen-bond acceptors (Lipinski definition) is 2. The molecule has 1 aliphatic carbocycles. The molecule has 0 aromatic carbocycles. The SMILES string of the molecule is CCC(=O)NC(CCCC1CCC(C(F)(F)F)CC1)C(=O)NC. The van der Waals surface area contributed by atoms with Gasteiger partial charge in [-0.2, -0.15) is 13.2 Å². The van der Waals surface area contributed by atoms with Crippen molar-refractivity contribution in [3.63, 3.8) is 0 Å². The van der Waals surface area contributed by atoms with E-state index in [1.165, 1.54) is 7.05 Å². The topological polar surface area (TPSA) is 58.2 Å². The first-order valence-corrected chi connectivity index (χ1v) is 8.35. The first-order valence-electron chi connectivity index (χ1n) is 8.35. The van der Waals surface area contributed by atoms with Crippen LogP contribution in [0.15, 0.2) is 0 Å². The number of amides is 2. The third-order valence-electron chi connectivity index (χ3n) is 4.63. The molecule has 0 heterocycles. The van der Waals surface area contributed by atoms with E-state index in [9.17, 15) is 22.8 Å². The van der Waals surface area contributed by atoms with Crippen molar-refractivity contribution in [3.8, 4) is 0 Å². The second-order valence-corrected chi connectivity index (χ2v) is 6.28. The molecule has 0 saturated heterocycles. The number of hydrogen-bond donors (Lipinski definition) is 2. The Bertz CT molecular complexity index is 391. The van der Waals surface area contributed by atoms with Gasteiger partial charge in [0.1, 0.15) is 6.04 Å². The van der Waals surface area contributed by atoms with Gasteiger partial charge in [0.15, 0.2) is 0 Å². The van der Waals surface area contributed by atoms with Crippen LogP contribution in [0.1, 0.15) is 58.3 Å². The summed E-state index contributed by atoms with van der Waals surface area (Å²) in [5.41, 5.74) is 0. The fourth-order valence-electron chi connectivity index (χ4n) is 3.13. The van der Waals surface area contributed by atoms with E-state index in [0.717, 1.165) is 12.8 Å². The Morgan fingerprint density at radius 1 is 1.17 bits per heavy atom. The molecule has 2 amide bonds. The molecule has 1 unspecified atom stereocenters. The predicted octanol–water partition coefficient (Wildman–Crippen LogP) is 3.17. The summed E-state index contributed by atoms with van der Waals surface area (Å²) < 4.78 is 37.9. The monoisotopic (exact) mass is 336 g/mol. The van der Waals surface area contributed by atoms with Crippen LogP contribution in [-0.4, -0.2) is 31.1 Å². The second kappa shape index (κ2) is 9.13. The first kappa shape index (κ1) is 19.8. The summed E-state index contributed by atoms with van der Waals surface area (Å²) in [6.07, 6.45) is -0.103. The highest BCUT2D eigenvalue weighted by Crippen LogP contribution is 2.40. The van der Waals surface area contributed by atoms with Crippen LogP contribution in [0.5, 0.6) is 0 Å². The molecule has 4 nitrogen and oxygen atoms in total. The first-order chi connectivity index (χ1) is 10.8. The number of carbonyl (C=O) groups excluding carboxylic acids is 2. The van der Waals surface area contributed by atoms with E-state index in [4.69, 9.17) is 0 Å². The number of rotatable bonds is 7.